The number of aromatic amines is 1. The second kappa shape index (κ2) is 11.7. The van der Waals surface area contributed by atoms with Crippen molar-refractivity contribution < 1.29 is 4.42 Å². The van der Waals surface area contributed by atoms with Crippen LogP contribution in [0.25, 0.3) is 89.0 Å². The Morgan fingerprint density at radius 3 is 1.89 bits per heavy atom. The van der Waals surface area contributed by atoms with Crippen LogP contribution in [-0.2, 0) is 5.41 Å². The van der Waals surface area contributed by atoms with E-state index < -0.39 is 0 Å². The van der Waals surface area contributed by atoms with E-state index in [1.165, 1.54) is 10.9 Å². The summed E-state index contributed by atoms with van der Waals surface area (Å²) in [7, 11) is 0. The van der Waals surface area contributed by atoms with Crippen molar-refractivity contribution in [3.63, 3.8) is 0 Å². The molecule has 0 spiro atoms. The number of benzene rings is 7. The molecule has 55 heavy (non-hydrogen) atoms. The first-order valence-corrected chi connectivity index (χ1v) is 18.7. The van der Waals surface area contributed by atoms with Gasteiger partial charge < -0.3 is 14.3 Å². The van der Waals surface area contributed by atoms with Gasteiger partial charge in [-0.1, -0.05) is 106 Å². The molecule has 11 rings (SSSR count). The van der Waals surface area contributed by atoms with Crippen LogP contribution < -0.4 is 4.90 Å². The van der Waals surface area contributed by atoms with Gasteiger partial charge in [0.25, 0.3) is 0 Å². The van der Waals surface area contributed by atoms with Crippen molar-refractivity contribution in [1.29, 1.82) is 0 Å². The Hall–Kier alpha value is -7.05. The van der Waals surface area contributed by atoms with Crippen molar-refractivity contribution >= 4 is 60.8 Å². The van der Waals surface area contributed by atoms with Crippen molar-refractivity contribution in [1.82, 2.24) is 19.9 Å². The van der Waals surface area contributed by atoms with Crippen LogP contribution in [0.3, 0.4) is 0 Å². The third-order valence-corrected chi connectivity index (χ3v) is 10.9. The normalized spacial score (nSPS) is 12.6. The number of nitrogens with zero attached hydrogens (tertiary/aromatic N) is 4. The molecule has 7 aromatic carbocycles. The Morgan fingerprint density at radius 2 is 1.07 bits per heavy atom. The summed E-state index contributed by atoms with van der Waals surface area (Å²) in [6.45, 7) is 6.84. The minimum absolute atomic E-state index is 0.0786. The van der Waals surface area contributed by atoms with Crippen LogP contribution in [0, 0.1) is 0 Å². The molecule has 1 N–H and O–H groups in total. The molecule has 6 nitrogen and oxygen atoms in total. The van der Waals surface area contributed by atoms with Gasteiger partial charge in [-0.2, -0.15) is 0 Å². The van der Waals surface area contributed by atoms with E-state index in [-0.39, 0.29) is 5.41 Å². The van der Waals surface area contributed by atoms with Gasteiger partial charge in [-0.05, 0) is 77.2 Å². The van der Waals surface area contributed by atoms with E-state index >= 15 is 0 Å². The lowest BCUT2D eigenvalue weighted by Gasteiger charge is -2.27. The topological polar surface area (TPSA) is 70.8 Å². The van der Waals surface area contributed by atoms with Crippen molar-refractivity contribution in [2.24, 2.45) is 0 Å². The van der Waals surface area contributed by atoms with Gasteiger partial charge >= 0.3 is 0 Å². The molecule has 8 bridgehead atoms. The first-order valence-electron chi connectivity index (χ1n) is 18.7. The van der Waals surface area contributed by atoms with E-state index in [0.717, 1.165) is 83.2 Å². The minimum atomic E-state index is -0.0786. The van der Waals surface area contributed by atoms with Crippen LogP contribution in [0.1, 0.15) is 26.3 Å². The minimum Gasteiger partial charge on any atom is -0.456 e. The quantitative estimate of drug-likeness (QED) is 0.193. The van der Waals surface area contributed by atoms with Gasteiger partial charge in [-0.25, -0.2) is 15.0 Å². The maximum absolute atomic E-state index is 6.43. The fourth-order valence-corrected chi connectivity index (χ4v) is 8.11. The highest BCUT2D eigenvalue weighted by molar-refractivity contribution is 6.15. The average molecular weight is 710 g/mol. The lowest BCUT2D eigenvalue weighted by Crippen LogP contribution is -2.11. The van der Waals surface area contributed by atoms with Gasteiger partial charge in [0.1, 0.15) is 11.2 Å². The molecule has 3 aromatic heterocycles. The van der Waals surface area contributed by atoms with Gasteiger partial charge in [0, 0.05) is 66.9 Å². The monoisotopic (exact) mass is 709 g/mol. The number of hydrogen-bond donors (Lipinski definition) is 1. The third kappa shape index (κ3) is 5.06. The highest BCUT2D eigenvalue weighted by atomic mass is 16.3. The lowest BCUT2D eigenvalue weighted by atomic mass is 9.84. The molecule has 262 valence electrons. The highest BCUT2D eigenvalue weighted by Crippen LogP contribution is 2.44. The molecule has 1 aliphatic rings. The number of anilines is 3. The molecule has 0 aliphatic carbocycles. The van der Waals surface area contributed by atoms with Crippen LogP contribution in [0.15, 0.2) is 156 Å². The summed E-state index contributed by atoms with van der Waals surface area (Å²) in [5.41, 5.74) is 13.0. The Bertz CT molecular complexity index is 3150. The summed E-state index contributed by atoms with van der Waals surface area (Å²) in [5, 5.41) is 4.50. The molecule has 0 amide bonds. The second-order valence-electron chi connectivity index (χ2n) is 15.4. The zero-order valence-corrected chi connectivity index (χ0v) is 30.6. The summed E-state index contributed by atoms with van der Waals surface area (Å²) in [6, 6.07) is 53.3. The predicted octanol–water partition coefficient (Wildman–Crippen LogP) is 13.2. The Balaban J connectivity index is 1.25. The summed E-state index contributed by atoms with van der Waals surface area (Å²) >= 11 is 0. The first kappa shape index (κ1) is 31.5. The maximum Gasteiger partial charge on any atom is 0.166 e. The molecule has 0 fully saturated rings. The molecular weight excluding hydrogens is 675 g/mol. The fourth-order valence-electron chi connectivity index (χ4n) is 8.11. The maximum atomic E-state index is 6.43. The van der Waals surface area contributed by atoms with E-state index in [1.807, 2.05) is 42.5 Å². The van der Waals surface area contributed by atoms with Crippen molar-refractivity contribution in [2.45, 2.75) is 26.2 Å². The summed E-state index contributed by atoms with van der Waals surface area (Å²) in [5.74, 6) is 1.84. The zero-order valence-electron chi connectivity index (χ0n) is 30.6. The van der Waals surface area contributed by atoms with E-state index in [9.17, 15) is 0 Å². The van der Waals surface area contributed by atoms with Crippen LogP contribution in [0.2, 0.25) is 0 Å². The number of furan rings is 1. The molecule has 0 unspecified atom stereocenters. The molecule has 10 aromatic rings. The molecule has 0 saturated heterocycles. The number of nitrogens with one attached hydrogen (secondary N) is 1. The SMILES string of the molecule is CC(C)(C)c1cc2c3[nH]c4c(cccc4c3c1)-c1nc(-c3ccccc3)nc(n1)-c1cccc(c1)N(c1ccc3c(c1)oc1ccccc13)c1cccc-2c1. The summed E-state index contributed by atoms with van der Waals surface area (Å²) in [4.78, 5) is 21.7. The van der Waals surface area contributed by atoms with E-state index in [4.69, 9.17) is 19.4 Å². The smallest absolute Gasteiger partial charge is 0.166 e. The van der Waals surface area contributed by atoms with Gasteiger partial charge in [-0.3, -0.25) is 0 Å². The summed E-state index contributed by atoms with van der Waals surface area (Å²) in [6.07, 6.45) is 0. The Morgan fingerprint density at radius 1 is 0.455 bits per heavy atom. The molecule has 0 saturated carbocycles. The molecule has 6 heteroatoms. The summed E-state index contributed by atoms with van der Waals surface area (Å²) < 4.78 is 6.43. The second-order valence-corrected chi connectivity index (χ2v) is 15.4. The Labute approximate surface area is 317 Å². The number of rotatable bonds is 2. The molecule has 0 radical (unpaired) electrons. The molecule has 1 aliphatic heterocycles. The van der Waals surface area contributed by atoms with Gasteiger partial charge in [0.15, 0.2) is 17.5 Å². The van der Waals surface area contributed by atoms with Gasteiger partial charge in [-0.15, -0.1) is 0 Å². The largest absolute Gasteiger partial charge is 0.456 e. The van der Waals surface area contributed by atoms with Crippen molar-refractivity contribution in [3.05, 3.63) is 157 Å². The molecule has 4 heterocycles. The van der Waals surface area contributed by atoms with Crippen LogP contribution in [0.5, 0.6) is 0 Å². The van der Waals surface area contributed by atoms with E-state index in [1.54, 1.807) is 0 Å². The predicted molar refractivity (Wildman–Crippen MR) is 225 cm³/mol. The third-order valence-electron chi connectivity index (χ3n) is 10.9. The number of hydrogen-bond acceptors (Lipinski definition) is 5. The standard InChI is InChI=1S/C49H35N5O/c1-49(2,3)32-26-40-30-14-9-16-33(24-30)54(35-22-23-37-36-18-7-8-21-42(36)55-43(37)28-35)34-17-10-15-31(25-34)47-51-46(29-12-5-4-6-13-29)52-48(53-47)39-20-11-19-38-41(27-32)45(40)50-44(38)39/h4-28,50H,1-3H3. The van der Waals surface area contributed by atoms with Gasteiger partial charge in [0.2, 0.25) is 0 Å². The number of H-pyrrole nitrogens is 1. The van der Waals surface area contributed by atoms with Crippen LogP contribution >= 0.6 is 0 Å². The van der Waals surface area contributed by atoms with Gasteiger partial charge in [0.05, 0.1) is 11.0 Å². The van der Waals surface area contributed by atoms with Crippen molar-refractivity contribution in [2.75, 3.05) is 4.90 Å². The number of fused-ring (bicyclic) bond motifs is 13. The van der Waals surface area contributed by atoms with E-state index in [2.05, 4.69) is 140 Å². The molecule has 0 atom stereocenters. The Kier molecular flexibility index (Phi) is 6.71. The van der Waals surface area contributed by atoms with Crippen LogP contribution in [0.4, 0.5) is 17.1 Å². The molecular formula is C49H35N5O. The highest BCUT2D eigenvalue weighted by Gasteiger charge is 2.24. The zero-order chi connectivity index (χ0) is 36.8. The number of aromatic nitrogens is 4. The first-order chi connectivity index (χ1) is 26.9. The lowest BCUT2D eigenvalue weighted by molar-refractivity contribution is 0.591. The van der Waals surface area contributed by atoms with Crippen molar-refractivity contribution in [3.8, 4) is 45.3 Å². The fraction of sp³-hybridized carbons (Fsp3) is 0.0816. The average Bonchev–Trinajstić information content (AvgIpc) is 3.79. The van der Waals surface area contributed by atoms with E-state index in [0.29, 0.717) is 17.5 Å². The van der Waals surface area contributed by atoms with Crippen LogP contribution in [-0.4, -0.2) is 19.9 Å². The number of para-hydroxylation sites is 2.